The molecule has 0 atom stereocenters. The highest BCUT2D eigenvalue weighted by Crippen LogP contribution is 2.35. The number of thiophene rings is 1. The molecule has 1 aliphatic rings. The summed E-state index contributed by atoms with van der Waals surface area (Å²) >= 11 is 5.20. The van der Waals surface area contributed by atoms with Crippen LogP contribution in [0.1, 0.15) is 17.7 Å². The van der Waals surface area contributed by atoms with Gasteiger partial charge in [0.25, 0.3) is 0 Å². The van der Waals surface area contributed by atoms with E-state index in [1.54, 1.807) is 18.4 Å². The number of hydrogen-bond donors (Lipinski definition) is 1. The van der Waals surface area contributed by atoms with Gasteiger partial charge in [-0.3, -0.25) is 4.90 Å². The first-order chi connectivity index (χ1) is 8.22. The predicted molar refractivity (Wildman–Crippen MR) is 73.7 cm³/mol. The zero-order valence-corrected chi connectivity index (χ0v) is 12.4. The fourth-order valence-electron chi connectivity index (χ4n) is 2.16. The van der Waals surface area contributed by atoms with Crippen molar-refractivity contribution in [2.45, 2.75) is 19.4 Å². The molecule has 0 unspecified atom stereocenters. The molecule has 1 N–H and O–H groups in total. The van der Waals surface area contributed by atoms with Crippen LogP contribution in [0.25, 0.3) is 0 Å². The molecule has 17 heavy (non-hydrogen) atoms. The van der Waals surface area contributed by atoms with Gasteiger partial charge in [-0.05, 0) is 53.8 Å². The molecule has 0 spiro atoms. The second-order valence-electron chi connectivity index (χ2n) is 4.45. The van der Waals surface area contributed by atoms with Crippen LogP contribution in [0.3, 0.4) is 0 Å². The number of piperidine rings is 1. The summed E-state index contributed by atoms with van der Waals surface area (Å²) in [6.45, 7) is 3.50. The number of rotatable bonds is 4. The van der Waals surface area contributed by atoms with E-state index < -0.39 is 0 Å². The van der Waals surface area contributed by atoms with Gasteiger partial charge in [0, 0.05) is 18.0 Å². The van der Waals surface area contributed by atoms with E-state index in [0.29, 0.717) is 12.5 Å². The van der Waals surface area contributed by atoms with E-state index in [4.69, 9.17) is 9.84 Å². The lowest BCUT2D eigenvalue weighted by molar-refractivity contribution is 0.128. The molecule has 0 radical (unpaired) electrons. The maximum absolute atomic E-state index is 9.10. The van der Waals surface area contributed by atoms with Crippen LogP contribution < -0.4 is 4.74 Å². The third-order valence-electron chi connectivity index (χ3n) is 3.24. The Morgan fingerprint density at radius 2 is 2.24 bits per heavy atom. The Kier molecular flexibility index (Phi) is 4.85. The number of halogens is 1. The average molecular weight is 320 g/mol. The first-order valence-electron chi connectivity index (χ1n) is 5.88. The van der Waals surface area contributed by atoms with Crippen LogP contribution in [0.15, 0.2) is 10.5 Å². The van der Waals surface area contributed by atoms with Gasteiger partial charge in [0.05, 0.1) is 11.6 Å². The minimum Gasteiger partial charge on any atom is -0.486 e. The fraction of sp³-hybridized carbons (Fsp3) is 0.667. The highest BCUT2D eigenvalue weighted by molar-refractivity contribution is 9.10. The number of methoxy groups -OCH3 is 1. The lowest BCUT2D eigenvalue weighted by Crippen LogP contribution is -2.34. The molecule has 0 aromatic carbocycles. The van der Waals surface area contributed by atoms with Crippen LogP contribution in [0, 0.1) is 5.92 Å². The van der Waals surface area contributed by atoms with Crippen LogP contribution >= 0.6 is 27.3 Å². The number of nitrogens with zero attached hydrogens (tertiary/aromatic N) is 1. The molecule has 3 nitrogen and oxygen atoms in total. The summed E-state index contributed by atoms with van der Waals surface area (Å²) in [5.41, 5.74) is 0. The van der Waals surface area contributed by atoms with Crippen molar-refractivity contribution in [2.24, 2.45) is 5.92 Å². The quantitative estimate of drug-likeness (QED) is 0.926. The van der Waals surface area contributed by atoms with E-state index >= 15 is 0 Å². The van der Waals surface area contributed by atoms with Crippen LogP contribution in [-0.2, 0) is 6.54 Å². The Bertz CT molecular complexity index is 361. The molecule has 1 saturated heterocycles. The molecule has 1 fully saturated rings. The lowest BCUT2D eigenvalue weighted by atomic mass is 9.98. The van der Waals surface area contributed by atoms with Crippen molar-refractivity contribution in [1.82, 2.24) is 4.90 Å². The van der Waals surface area contributed by atoms with Gasteiger partial charge in [0.2, 0.25) is 0 Å². The monoisotopic (exact) mass is 319 g/mol. The number of aliphatic hydroxyl groups excluding tert-OH is 1. The first kappa shape index (κ1) is 13.3. The average Bonchev–Trinajstić information content (AvgIpc) is 2.70. The molecule has 1 aromatic heterocycles. The van der Waals surface area contributed by atoms with Gasteiger partial charge in [-0.2, -0.15) is 0 Å². The van der Waals surface area contributed by atoms with Gasteiger partial charge >= 0.3 is 0 Å². The molecule has 0 aliphatic carbocycles. The topological polar surface area (TPSA) is 32.7 Å². The summed E-state index contributed by atoms with van der Waals surface area (Å²) in [5, 5.41) is 10.0. The van der Waals surface area contributed by atoms with Crippen molar-refractivity contribution in [3.63, 3.8) is 0 Å². The van der Waals surface area contributed by atoms with Gasteiger partial charge in [-0.1, -0.05) is 0 Å². The summed E-state index contributed by atoms with van der Waals surface area (Å²) in [6, 6.07) is 2.14. The van der Waals surface area contributed by atoms with Crippen LogP contribution in [0.4, 0.5) is 0 Å². The second-order valence-corrected chi connectivity index (χ2v) is 6.41. The van der Waals surface area contributed by atoms with E-state index in [1.807, 2.05) is 0 Å². The Hall–Kier alpha value is -0.100. The molecule has 0 saturated carbocycles. The molecule has 1 aliphatic heterocycles. The smallest absolute Gasteiger partial charge is 0.188 e. The van der Waals surface area contributed by atoms with Crippen molar-refractivity contribution < 1.29 is 9.84 Å². The van der Waals surface area contributed by atoms with Gasteiger partial charge in [0.1, 0.15) is 0 Å². The highest BCUT2D eigenvalue weighted by Gasteiger charge is 2.19. The standard InChI is InChI=1S/C12H18BrNO2S/c1-16-12-11(13)6-10(17-12)7-14-4-2-9(8-15)3-5-14/h6,9,15H,2-5,7-8H2,1H3. The molecular formula is C12H18BrNO2S. The number of hydrogen-bond acceptors (Lipinski definition) is 4. The molecule has 0 bridgehead atoms. The minimum atomic E-state index is 0.339. The maximum Gasteiger partial charge on any atom is 0.188 e. The van der Waals surface area contributed by atoms with Crippen LogP contribution in [-0.4, -0.2) is 36.8 Å². The number of aliphatic hydroxyl groups is 1. The lowest BCUT2D eigenvalue weighted by Gasteiger charge is -2.30. The molecule has 2 rings (SSSR count). The zero-order valence-electron chi connectivity index (χ0n) is 9.99. The zero-order chi connectivity index (χ0) is 12.3. The molecule has 2 heterocycles. The van der Waals surface area contributed by atoms with Gasteiger partial charge in [-0.15, -0.1) is 11.3 Å². The third-order valence-corrected chi connectivity index (χ3v) is 5.17. The first-order valence-corrected chi connectivity index (χ1v) is 7.49. The van der Waals surface area contributed by atoms with Crippen molar-refractivity contribution in [3.8, 4) is 5.06 Å². The molecule has 5 heteroatoms. The number of likely N-dealkylation sites (tertiary alicyclic amines) is 1. The van der Waals surface area contributed by atoms with Crippen molar-refractivity contribution >= 4 is 27.3 Å². The SMILES string of the molecule is COc1sc(CN2CCC(CO)CC2)cc1Br. The summed E-state index contributed by atoms with van der Waals surface area (Å²) < 4.78 is 6.32. The Labute approximate surface area is 115 Å². The predicted octanol–water partition coefficient (Wildman–Crippen LogP) is 2.72. The van der Waals surface area contributed by atoms with E-state index in [-0.39, 0.29) is 0 Å². The van der Waals surface area contributed by atoms with Gasteiger partial charge in [0.15, 0.2) is 5.06 Å². The van der Waals surface area contributed by atoms with Crippen LogP contribution in [0.2, 0.25) is 0 Å². The second kappa shape index (κ2) is 6.18. The Morgan fingerprint density at radius 3 is 2.76 bits per heavy atom. The Morgan fingerprint density at radius 1 is 1.53 bits per heavy atom. The molecule has 1 aromatic rings. The van der Waals surface area contributed by atoms with Crippen LogP contribution in [0.5, 0.6) is 5.06 Å². The third kappa shape index (κ3) is 3.44. The maximum atomic E-state index is 9.10. The van der Waals surface area contributed by atoms with E-state index in [1.165, 1.54) is 4.88 Å². The fourth-order valence-corrected chi connectivity index (χ4v) is 3.90. The normalized spacial score (nSPS) is 18.5. The molecule has 96 valence electrons. The molecule has 0 amide bonds. The minimum absolute atomic E-state index is 0.339. The van der Waals surface area contributed by atoms with E-state index in [0.717, 1.165) is 42.0 Å². The number of ether oxygens (including phenoxy) is 1. The largest absolute Gasteiger partial charge is 0.486 e. The summed E-state index contributed by atoms with van der Waals surface area (Å²) in [4.78, 5) is 3.78. The molecular weight excluding hydrogens is 302 g/mol. The highest BCUT2D eigenvalue weighted by atomic mass is 79.9. The summed E-state index contributed by atoms with van der Waals surface area (Å²) in [6.07, 6.45) is 2.22. The summed E-state index contributed by atoms with van der Waals surface area (Å²) in [7, 11) is 1.70. The van der Waals surface area contributed by atoms with Crippen molar-refractivity contribution in [3.05, 3.63) is 15.4 Å². The van der Waals surface area contributed by atoms with Gasteiger partial charge in [-0.25, -0.2) is 0 Å². The van der Waals surface area contributed by atoms with E-state index in [2.05, 4.69) is 26.9 Å². The summed E-state index contributed by atoms with van der Waals surface area (Å²) in [5.74, 6) is 0.510. The Balaban J connectivity index is 1.88. The van der Waals surface area contributed by atoms with E-state index in [9.17, 15) is 0 Å². The van der Waals surface area contributed by atoms with Gasteiger partial charge < -0.3 is 9.84 Å². The van der Waals surface area contributed by atoms with Crippen molar-refractivity contribution in [1.29, 1.82) is 0 Å². The van der Waals surface area contributed by atoms with Crippen molar-refractivity contribution in [2.75, 3.05) is 26.8 Å².